The minimum Gasteiger partial charge on any atom is -0.357 e. The minimum absolute atomic E-state index is 0.135. The highest BCUT2D eigenvalue weighted by Crippen LogP contribution is 2.33. The summed E-state index contributed by atoms with van der Waals surface area (Å²) in [5, 5.41) is 3.26. The molecule has 5 nitrogen and oxygen atoms in total. The molecular formula is C27H31N3O2. The number of nitrogens with one attached hydrogen (secondary N) is 2. The summed E-state index contributed by atoms with van der Waals surface area (Å²) < 4.78 is 0. The Balaban J connectivity index is 1.81. The molecule has 1 heterocycles. The standard InChI is InChI=1S/C27H31N3O2/c1-19-11-9-17-24(20(19)2)30(27(32)23-16-10-18-28-23)25(21-12-5-3-6-13-21)26(31)29-22-14-7-4-8-15-22/h3,5-6,9-13,16-18,22,25,28H,4,7-8,14-15H2,1-2H3,(H,29,31). The fourth-order valence-electron chi connectivity index (χ4n) is 4.54. The number of hydrogen-bond acceptors (Lipinski definition) is 2. The van der Waals surface area contributed by atoms with Crippen LogP contribution in [0.4, 0.5) is 5.69 Å². The zero-order valence-electron chi connectivity index (χ0n) is 18.8. The van der Waals surface area contributed by atoms with Crippen LogP contribution in [0, 0.1) is 13.8 Å². The van der Waals surface area contributed by atoms with Gasteiger partial charge in [0, 0.05) is 17.9 Å². The Morgan fingerprint density at radius 2 is 1.69 bits per heavy atom. The number of aromatic amines is 1. The quantitative estimate of drug-likeness (QED) is 0.546. The summed E-state index contributed by atoms with van der Waals surface area (Å²) in [6, 6.07) is 18.4. The summed E-state index contributed by atoms with van der Waals surface area (Å²) in [5.41, 5.74) is 4.06. The number of aryl methyl sites for hydroxylation is 1. The maximum atomic E-state index is 13.8. The summed E-state index contributed by atoms with van der Waals surface area (Å²) in [6.07, 6.45) is 7.18. The topological polar surface area (TPSA) is 65.2 Å². The molecule has 32 heavy (non-hydrogen) atoms. The second kappa shape index (κ2) is 9.86. The number of aromatic nitrogens is 1. The highest BCUT2D eigenvalue weighted by atomic mass is 16.2. The normalized spacial score (nSPS) is 15.2. The molecule has 0 spiro atoms. The molecule has 2 aromatic carbocycles. The SMILES string of the molecule is Cc1cccc(N(C(=O)c2ccc[nH]2)C(C(=O)NC2CCCCC2)c2ccccc2)c1C. The maximum Gasteiger partial charge on any atom is 0.275 e. The van der Waals surface area contributed by atoms with Crippen molar-refractivity contribution in [1.82, 2.24) is 10.3 Å². The number of carbonyl (C=O) groups excluding carboxylic acids is 2. The third kappa shape index (κ3) is 4.62. The van der Waals surface area contributed by atoms with Gasteiger partial charge in [0.25, 0.3) is 5.91 Å². The predicted molar refractivity (Wildman–Crippen MR) is 128 cm³/mol. The van der Waals surface area contributed by atoms with Gasteiger partial charge < -0.3 is 10.3 Å². The first kappa shape index (κ1) is 21.9. The first-order valence-corrected chi connectivity index (χ1v) is 11.4. The van der Waals surface area contributed by atoms with Gasteiger partial charge in [0.2, 0.25) is 5.91 Å². The molecule has 0 bridgehead atoms. The molecule has 1 aromatic heterocycles. The highest BCUT2D eigenvalue weighted by molar-refractivity contribution is 6.09. The smallest absolute Gasteiger partial charge is 0.275 e. The fraction of sp³-hybridized carbons (Fsp3) is 0.333. The van der Waals surface area contributed by atoms with E-state index in [4.69, 9.17) is 0 Å². The third-order valence-electron chi connectivity index (χ3n) is 6.46. The minimum atomic E-state index is -0.769. The Bertz CT molecular complexity index is 1050. The molecule has 0 aliphatic heterocycles. The fourth-order valence-corrected chi connectivity index (χ4v) is 4.54. The van der Waals surface area contributed by atoms with Gasteiger partial charge in [-0.3, -0.25) is 14.5 Å². The van der Waals surface area contributed by atoms with Crippen LogP contribution in [0.25, 0.3) is 0 Å². The molecule has 2 N–H and O–H groups in total. The number of benzene rings is 2. The van der Waals surface area contributed by atoms with E-state index in [1.54, 1.807) is 23.2 Å². The van der Waals surface area contributed by atoms with Crippen molar-refractivity contribution in [2.24, 2.45) is 0 Å². The number of hydrogen-bond donors (Lipinski definition) is 2. The first-order chi connectivity index (χ1) is 15.6. The lowest BCUT2D eigenvalue weighted by Crippen LogP contribution is -2.47. The van der Waals surface area contributed by atoms with Crippen LogP contribution in [0.3, 0.4) is 0 Å². The molecule has 4 rings (SSSR count). The Labute approximate surface area is 189 Å². The molecule has 166 valence electrons. The van der Waals surface area contributed by atoms with Crippen molar-refractivity contribution >= 4 is 17.5 Å². The van der Waals surface area contributed by atoms with Crippen molar-refractivity contribution in [1.29, 1.82) is 0 Å². The largest absolute Gasteiger partial charge is 0.357 e. The summed E-state index contributed by atoms with van der Waals surface area (Å²) in [6.45, 7) is 4.02. The van der Waals surface area contributed by atoms with Crippen LogP contribution in [-0.2, 0) is 4.79 Å². The van der Waals surface area contributed by atoms with Gasteiger partial charge in [-0.25, -0.2) is 0 Å². The van der Waals surface area contributed by atoms with Crippen molar-refractivity contribution < 1.29 is 9.59 Å². The van der Waals surface area contributed by atoms with Crippen LogP contribution in [0.15, 0.2) is 66.9 Å². The number of anilines is 1. The molecule has 1 aliphatic carbocycles. The van der Waals surface area contributed by atoms with Gasteiger partial charge >= 0.3 is 0 Å². The van der Waals surface area contributed by atoms with Gasteiger partial charge in [-0.2, -0.15) is 0 Å². The van der Waals surface area contributed by atoms with E-state index >= 15 is 0 Å². The zero-order chi connectivity index (χ0) is 22.5. The Kier molecular flexibility index (Phi) is 6.74. The van der Waals surface area contributed by atoms with Crippen molar-refractivity contribution in [3.63, 3.8) is 0 Å². The average Bonchev–Trinajstić information content (AvgIpc) is 3.35. The number of nitrogens with zero attached hydrogens (tertiary/aromatic N) is 1. The van der Waals surface area contributed by atoms with E-state index in [1.165, 1.54) is 6.42 Å². The van der Waals surface area contributed by atoms with E-state index in [1.807, 2.05) is 62.4 Å². The number of carbonyl (C=O) groups is 2. The van der Waals surface area contributed by atoms with E-state index < -0.39 is 6.04 Å². The van der Waals surface area contributed by atoms with Crippen LogP contribution in [0.2, 0.25) is 0 Å². The third-order valence-corrected chi connectivity index (χ3v) is 6.46. The molecule has 1 fully saturated rings. The molecule has 5 heteroatoms. The van der Waals surface area contributed by atoms with E-state index in [0.29, 0.717) is 5.69 Å². The van der Waals surface area contributed by atoms with Crippen LogP contribution in [-0.4, -0.2) is 22.8 Å². The van der Waals surface area contributed by atoms with Crippen LogP contribution >= 0.6 is 0 Å². The molecule has 0 radical (unpaired) electrons. The lowest BCUT2D eigenvalue weighted by molar-refractivity contribution is -0.123. The molecule has 1 unspecified atom stereocenters. The van der Waals surface area contributed by atoms with Gasteiger partial charge in [0.05, 0.1) is 0 Å². The molecular weight excluding hydrogens is 398 g/mol. The molecule has 0 saturated heterocycles. The second-order valence-electron chi connectivity index (χ2n) is 8.63. The van der Waals surface area contributed by atoms with Crippen molar-refractivity contribution in [3.05, 3.63) is 89.2 Å². The molecule has 1 saturated carbocycles. The Morgan fingerprint density at radius 1 is 0.938 bits per heavy atom. The second-order valence-corrected chi connectivity index (χ2v) is 8.63. The van der Waals surface area contributed by atoms with Gasteiger partial charge in [-0.1, -0.05) is 61.7 Å². The van der Waals surface area contributed by atoms with E-state index in [9.17, 15) is 9.59 Å². The van der Waals surface area contributed by atoms with E-state index in [2.05, 4.69) is 10.3 Å². The predicted octanol–water partition coefficient (Wildman–Crippen LogP) is 5.47. The first-order valence-electron chi connectivity index (χ1n) is 11.4. The van der Waals surface area contributed by atoms with Crippen molar-refractivity contribution in [2.45, 2.75) is 58.0 Å². The van der Waals surface area contributed by atoms with E-state index in [-0.39, 0.29) is 17.9 Å². The summed E-state index contributed by atoms with van der Waals surface area (Å²) in [4.78, 5) is 32.3. The summed E-state index contributed by atoms with van der Waals surface area (Å²) in [5.74, 6) is -0.361. The number of H-pyrrole nitrogens is 1. The van der Waals surface area contributed by atoms with Crippen molar-refractivity contribution in [3.8, 4) is 0 Å². The van der Waals surface area contributed by atoms with Gasteiger partial charge in [0.15, 0.2) is 0 Å². The Morgan fingerprint density at radius 3 is 2.38 bits per heavy atom. The zero-order valence-corrected chi connectivity index (χ0v) is 18.8. The maximum absolute atomic E-state index is 13.8. The van der Waals surface area contributed by atoms with Gasteiger partial charge in [-0.15, -0.1) is 0 Å². The van der Waals surface area contributed by atoms with E-state index in [0.717, 1.165) is 48.1 Å². The average molecular weight is 430 g/mol. The highest BCUT2D eigenvalue weighted by Gasteiger charge is 2.35. The molecule has 3 aromatic rings. The molecule has 1 aliphatic rings. The monoisotopic (exact) mass is 429 g/mol. The van der Waals surface area contributed by atoms with Gasteiger partial charge in [-0.05, 0) is 61.6 Å². The van der Waals surface area contributed by atoms with Crippen LogP contribution < -0.4 is 10.2 Å². The Hall–Kier alpha value is -3.34. The van der Waals surface area contributed by atoms with Crippen LogP contribution in [0.5, 0.6) is 0 Å². The summed E-state index contributed by atoms with van der Waals surface area (Å²) >= 11 is 0. The van der Waals surface area contributed by atoms with Gasteiger partial charge in [0.1, 0.15) is 11.7 Å². The summed E-state index contributed by atoms with van der Waals surface area (Å²) in [7, 11) is 0. The lowest BCUT2D eigenvalue weighted by atomic mass is 9.94. The number of amides is 2. The lowest BCUT2D eigenvalue weighted by Gasteiger charge is -2.34. The van der Waals surface area contributed by atoms with Crippen molar-refractivity contribution in [2.75, 3.05) is 4.90 Å². The number of rotatable bonds is 6. The molecule has 1 atom stereocenters. The molecule has 2 amide bonds. The van der Waals surface area contributed by atoms with Crippen LogP contribution in [0.1, 0.15) is 65.3 Å².